The van der Waals surface area contributed by atoms with E-state index < -0.39 is 0 Å². The first-order valence-corrected chi connectivity index (χ1v) is 5.81. The molecule has 1 saturated heterocycles. The summed E-state index contributed by atoms with van der Waals surface area (Å²) in [7, 11) is 0. The monoisotopic (exact) mass is 213 g/mol. The molecule has 1 nitrogen and oxygen atoms in total. The maximum Gasteiger partial charge on any atom is 0.0792 e. The summed E-state index contributed by atoms with van der Waals surface area (Å²) >= 11 is 7.87. The Balaban J connectivity index is 2.16. The Kier molecular flexibility index (Phi) is 2.82. The summed E-state index contributed by atoms with van der Waals surface area (Å²) in [4.78, 5) is 0. The number of halogens is 1. The number of hydrogen-bond donors (Lipinski definition) is 1. The molecule has 0 saturated carbocycles. The van der Waals surface area contributed by atoms with Gasteiger partial charge in [0.1, 0.15) is 0 Å². The molecule has 2 atom stereocenters. The Bertz CT molecular complexity index is 303. The van der Waals surface area contributed by atoms with Crippen LogP contribution in [0.25, 0.3) is 0 Å². The molecule has 2 unspecified atom stereocenters. The summed E-state index contributed by atoms with van der Waals surface area (Å²) in [6.45, 7) is 2.21. The lowest BCUT2D eigenvalue weighted by Gasteiger charge is -2.10. The van der Waals surface area contributed by atoms with Crippen LogP contribution in [-0.4, -0.2) is 11.8 Å². The second-order valence-corrected chi connectivity index (χ2v) is 4.91. The molecule has 0 spiro atoms. The fourth-order valence-electron chi connectivity index (χ4n) is 1.46. The van der Waals surface area contributed by atoms with Gasteiger partial charge >= 0.3 is 0 Å². The van der Waals surface area contributed by atoms with Crippen molar-refractivity contribution in [2.24, 2.45) is 0 Å². The van der Waals surface area contributed by atoms with E-state index in [9.17, 15) is 0 Å². The zero-order valence-corrected chi connectivity index (χ0v) is 9.03. The summed E-state index contributed by atoms with van der Waals surface area (Å²) in [5.74, 6) is 1.18. The fraction of sp³-hybridized carbons (Fsp3) is 0.400. The third-order valence-corrected chi connectivity index (χ3v) is 3.77. The highest BCUT2D eigenvalue weighted by atomic mass is 35.5. The minimum Gasteiger partial charge on any atom is -0.298 e. The average molecular weight is 214 g/mol. The van der Waals surface area contributed by atoms with Gasteiger partial charge in [-0.25, -0.2) is 0 Å². The van der Waals surface area contributed by atoms with Crippen molar-refractivity contribution in [3.8, 4) is 0 Å². The van der Waals surface area contributed by atoms with E-state index in [1.807, 2.05) is 30.0 Å². The van der Waals surface area contributed by atoms with Crippen LogP contribution in [0.15, 0.2) is 24.3 Å². The molecule has 1 aromatic rings. The van der Waals surface area contributed by atoms with Crippen LogP contribution in [0.5, 0.6) is 0 Å². The molecule has 0 amide bonds. The predicted octanol–water partition coefficient (Wildman–Crippen LogP) is 3.06. The Morgan fingerprint density at radius 1 is 1.54 bits per heavy atom. The summed E-state index contributed by atoms with van der Waals surface area (Å²) in [5, 5.41) is 4.75. The highest BCUT2D eigenvalue weighted by Gasteiger charge is 2.21. The molecule has 1 heterocycles. The fourth-order valence-corrected chi connectivity index (χ4v) is 2.90. The molecule has 0 aliphatic carbocycles. The van der Waals surface area contributed by atoms with Gasteiger partial charge < -0.3 is 0 Å². The lowest BCUT2D eigenvalue weighted by molar-refractivity contribution is 0.618. The van der Waals surface area contributed by atoms with Crippen LogP contribution in [0, 0.1) is 0 Å². The van der Waals surface area contributed by atoms with Crippen molar-refractivity contribution < 1.29 is 0 Å². The van der Waals surface area contributed by atoms with E-state index >= 15 is 0 Å². The maximum absolute atomic E-state index is 5.92. The largest absolute Gasteiger partial charge is 0.298 e. The van der Waals surface area contributed by atoms with E-state index in [0.29, 0.717) is 11.4 Å². The Hall–Kier alpha value is -0.180. The quantitative estimate of drug-likeness (QED) is 0.770. The molecule has 1 fully saturated rings. The van der Waals surface area contributed by atoms with Crippen molar-refractivity contribution in [3.63, 3.8) is 0 Å². The van der Waals surface area contributed by atoms with Crippen molar-refractivity contribution in [2.75, 3.05) is 5.75 Å². The van der Waals surface area contributed by atoms with E-state index in [0.717, 1.165) is 5.02 Å². The van der Waals surface area contributed by atoms with Gasteiger partial charge in [0.2, 0.25) is 0 Å². The second kappa shape index (κ2) is 3.91. The number of hydrogen-bond acceptors (Lipinski definition) is 2. The first kappa shape index (κ1) is 9.38. The van der Waals surface area contributed by atoms with Gasteiger partial charge in [-0.2, -0.15) is 0 Å². The standard InChI is InChI=1S/C10H12ClNS/c1-7-6-13-10(12-7)8-3-2-4-9(11)5-8/h2-5,7,10,12H,6H2,1H3. The smallest absolute Gasteiger partial charge is 0.0792 e. The van der Waals surface area contributed by atoms with Gasteiger partial charge in [-0.15, -0.1) is 11.8 Å². The molecule has 0 aromatic heterocycles. The zero-order valence-electron chi connectivity index (χ0n) is 7.46. The summed E-state index contributed by atoms with van der Waals surface area (Å²) in [5.41, 5.74) is 1.28. The molecule has 70 valence electrons. The molecule has 1 aliphatic heterocycles. The molecular weight excluding hydrogens is 202 g/mol. The predicted molar refractivity (Wildman–Crippen MR) is 59.2 cm³/mol. The average Bonchev–Trinajstić information content (AvgIpc) is 2.52. The summed E-state index contributed by atoms with van der Waals surface area (Å²) in [6, 6.07) is 8.67. The first-order valence-electron chi connectivity index (χ1n) is 4.39. The molecule has 2 rings (SSSR count). The number of benzene rings is 1. The van der Waals surface area contributed by atoms with E-state index in [-0.39, 0.29) is 0 Å². The van der Waals surface area contributed by atoms with Crippen LogP contribution in [0.4, 0.5) is 0 Å². The third kappa shape index (κ3) is 2.19. The Morgan fingerprint density at radius 3 is 3.00 bits per heavy atom. The lowest BCUT2D eigenvalue weighted by Crippen LogP contribution is -2.21. The molecule has 0 bridgehead atoms. The van der Waals surface area contributed by atoms with Gasteiger partial charge in [-0.3, -0.25) is 5.32 Å². The number of thioether (sulfide) groups is 1. The van der Waals surface area contributed by atoms with Crippen LogP contribution in [0.2, 0.25) is 5.02 Å². The van der Waals surface area contributed by atoms with E-state index in [2.05, 4.69) is 18.3 Å². The Labute approximate surface area is 87.9 Å². The van der Waals surface area contributed by atoms with Gasteiger partial charge in [-0.1, -0.05) is 23.7 Å². The second-order valence-electron chi connectivity index (χ2n) is 3.34. The Morgan fingerprint density at radius 2 is 2.38 bits per heavy atom. The van der Waals surface area contributed by atoms with Crippen LogP contribution in [0.3, 0.4) is 0 Å². The highest BCUT2D eigenvalue weighted by molar-refractivity contribution is 7.99. The van der Waals surface area contributed by atoms with Gasteiger partial charge in [0.05, 0.1) is 5.37 Å². The van der Waals surface area contributed by atoms with E-state index in [4.69, 9.17) is 11.6 Å². The van der Waals surface area contributed by atoms with Crippen LogP contribution < -0.4 is 5.32 Å². The summed E-state index contributed by atoms with van der Waals surface area (Å²) in [6.07, 6.45) is 0. The number of rotatable bonds is 1. The van der Waals surface area contributed by atoms with Crippen molar-refractivity contribution in [3.05, 3.63) is 34.9 Å². The third-order valence-electron chi connectivity index (χ3n) is 2.10. The first-order chi connectivity index (χ1) is 6.25. The normalized spacial score (nSPS) is 27.8. The zero-order chi connectivity index (χ0) is 9.26. The topological polar surface area (TPSA) is 12.0 Å². The van der Waals surface area contributed by atoms with Crippen molar-refractivity contribution in [1.29, 1.82) is 0 Å². The van der Waals surface area contributed by atoms with Gasteiger partial charge in [0, 0.05) is 16.8 Å². The van der Waals surface area contributed by atoms with Crippen LogP contribution in [-0.2, 0) is 0 Å². The molecule has 0 radical (unpaired) electrons. The van der Waals surface area contributed by atoms with E-state index in [1.165, 1.54) is 11.3 Å². The van der Waals surface area contributed by atoms with E-state index in [1.54, 1.807) is 0 Å². The number of nitrogens with one attached hydrogen (secondary N) is 1. The molecule has 13 heavy (non-hydrogen) atoms. The van der Waals surface area contributed by atoms with Gasteiger partial charge in [-0.05, 0) is 24.6 Å². The van der Waals surface area contributed by atoms with Crippen molar-refractivity contribution in [1.82, 2.24) is 5.32 Å². The van der Waals surface area contributed by atoms with Gasteiger partial charge in [0.25, 0.3) is 0 Å². The van der Waals surface area contributed by atoms with Crippen LogP contribution in [0.1, 0.15) is 17.9 Å². The molecule has 3 heteroatoms. The maximum atomic E-state index is 5.92. The van der Waals surface area contributed by atoms with Crippen molar-refractivity contribution in [2.45, 2.75) is 18.3 Å². The minimum absolute atomic E-state index is 0.425. The molecule has 1 N–H and O–H groups in total. The molecule has 1 aliphatic rings. The van der Waals surface area contributed by atoms with Crippen molar-refractivity contribution >= 4 is 23.4 Å². The molecular formula is C10H12ClNS. The minimum atomic E-state index is 0.425. The lowest BCUT2D eigenvalue weighted by atomic mass is 10.2. The SMILES string of the molecule is CC1CSC(c2cccc(Cl)c2)N1. The highest BCUT2D eigenvalue weighted by Crippen LogP contribution is 2.33. The van der Waals surface area contributed by atoms with Gasteiger partial charge in [0.15, 0.2) is 0 Å². The summed E-state index contributed by atoms with van der Waals surface area (Å²) < 4.78 is 0. The van der Waals surface area contributed by atoms with Crippen LogP contribution >= 0.6 is 23.4 Å². The molecule has 1 aromatic carbocycles.